The van der Waals surface area contributed by atoms with Crippen LogP contribution in [0.15, 0.2) is 64.1 Å². The number of ether oxygens (including phenoxy) is 1. The monoisotopic (exact) mass is 562 g/mol. The molecule has 178 valence electrons. The third-order valence-electron chi connectivity index (χ3n) is 5.21. The summed E-state index contributed by atoms with van der Waals surface area (Å²) in [6, 6.07) is 18.7. The molecule has 7 heteroatoms. The van der Waals surface area contributed by atoms with Gasteiger partial charge in [-0.25, -0.2) is 4.99 Å². The Kier molecular flexibility index (Phi) is 12.0. The minimum absolute atomic E-state index is 0. The van der Waals surface area contributed by atoms with Crippen LogP contribution in [0.2, 0.25) is 0 Å². The molecular formula is C26H35IN4O2. The molecule has 0 saturated heterocycles. The summed E-state index contributed by atoms with van der Waals surface area (Å²) in [4.78, 5) is 4.74. The van der Waals surface area contributed by atoms with E-state index in [1.54, 1.807) is 0 Å². The first-order chi connectivity index (χ1) is 15.7. The number of aromatic nitrogens is 1. The number of nitrogens with one attached hydrogen (secondary N) is 2. The fraction of sp³-hybridized carbons (Fsp3) is 0.385. The number of aryl methyl sites for hydroxylation is 2. The van der Waals surface area contributed by atoms with E-state index >= 15 is 0 Å². The van der Waals surface area contributed by atoms with Gasteiger partial charge in [0.25, 0.3) is 0 Å². The minimum Gasteiger partial charge on any atom is -0.372 e. The molecule has 3 aromatic rings. The van der Waals surface area contributed by atoms with Gasteiger partial charge in [0.15, 0.2) is 5.96 Å². The molecule has 0 saturated carbocycles. The molecule has 33 heavy (non-hydrogen) atoms. The zero-order valence-electron chi connectivity index (χ0n) is 19.8. The van der Waals surface area contributed by atoms with E-state index < -0.39 is 0 Å². The van der Waals surface area contributed by atoms with Gasteiger partial charge >= 0.3 is 0 Å². The van der Waals surface area contributed by atoms with Crippen LogP contribution < -0.4 is 10.6 Å². The lowest BCUT2D eigenvalue weighted by Crippen LogP contribution is -2.37. The minimum atomic E-state index is 0. The van der Waals surface area contributed by atoms with Crippen molar-refractivity contribution in [1.29, 1.82) is 0 Å². The predicted octanol–water partition coefficient (Wildman–Crippen LogP) is 5.39. The summed E-state index contributed by atoms with van der Waals surface area (Å²) in [6.45, 7) is 9.52. The molecule has 0 bridgehead atoms. The summed E-state index contributed by atoms with van der Waals surface area (Å²) in [7, 11) is 0. The molecule has 1 aromatic heterocycles. The summed E-state index contributed by atoms with van der Waals surface area (Å²) in [5.74, 6) is 1.73. The first kappa shape index (κ1) is 26.9. The Morgan fingerprint density at radius 3 is 2.18 bits per heavy atom. The number of hydrogen-bond acceptors (Lipinski definition) is 4. The lowest BCUT2D eigenvalue weighted by Gasteiger charge is -2.12. The van der Waals surface area contributed by atoms with Crippen molar-refractivity contribution in [2.24, 2.45) is 4.99 Å². The topological polar surface area (TPSA) is 71.7 Å². The van der Waals surface area contributed by atoms with Crippen molar-refractivity contribution < 1.29 is 9.26 Å². The second-order valence-electron chi connectivity index (χ2n) is 7.58. The number of nitrogens with zero attached hydrogens (tertiary/aromatic N) is 2. The maximum Gasteiger partial charge on any atom is 0.191 e. The Bertz CT molecular complexity index is 950. The van der Waals surface area contributed by atoms with Gasteiger partial charge in [-0.3, -0.25) is 0 Å². The molecular weight excluding hydrogens is 527 g/mol. The molecule has 0 unspecified atom stereocenters. The molecule has 1 heterocycles. The lowest BCUT2D eigenvalue weighted by molar-refractivity contribution is 0.107. The first-order valence-corrected chi connectivity index (χ1v) is 11.4. The number of halogens is 1. The Morgan fingerprint density at radius 2 is 1.55 bits per heavy atom. The maximum atomic E-state index is 5.82. The van der Waals surface area contributed by atoms with Crippen molar-refractivity contribution in [3.63, 3.8) is 0 Å². The molecule has 0 aliphatic rings. The van der Waals surface area contributed by atoms with E-state index in [1.165, 1.54) is 5.56 Å². The summed E-state index contributed by atoms with van der Waals surface area (Å²) in [5.41, 5.74) is 5.65. The largest absolute Gasteiger partial charge is 0.372 e. The summed E-state index contributed by atoms with van der Waals surface area (Å²) in [5, 5.41) is 10.9. The van der Waals surface area contributed by atoms with Crippen LogP contribution >= 0.6 is 24.0 Å². The van der Waals surface area contributed by atoms with Gasteiger partial charge in [0.2, 0.25) is 0 Å². The quantitative estimate of drug-likeness (QED) is 0.186. The van der Waals surface area contributed by atoms with Gasteiger partial charge in [-0.1, -0.05) is 73.6 Å². The van der Waals surface area contributed by atoms with Crippen LogP contribution in [0.5, 0.6) is 0 Å². The van der Waals surface area contributed by atoms with Crippen molar-refractivity contribution in [3.05, 3.63) is 88.3 Å². The molecule has 0 spiro atoms. The van der Waals surface area contributed by atoms with Crippen molar-refractivity contribution in [3.8, 4) is 0 Å². The van der Waals surface area contributed by atoms with Gasteiger partial charge in [-0.15, -0.1) is 24.0 Å². The van der Waals surface area contributed by atoms with Crippen molar-refractivity contribution in [1.82, 2.24) is 15.8 Å². The molecule has 2 aromatic carbocycles. The smallest absolute Gasteiger partial charge is 0.191 e. The highest BCUT2D eigenvalue weighted by molar-refractivity contribution is 14.0. The van der Waals surface area contributed by atoms with E-state index in [0.717, 1.165) is 53.5 Å². The van der Waals surface area contributed by atoms with E-state index in [-0.39, 0.29) is 24.0 Å². The Morgan fingerprint density at radius 1 is 0.879 bits per heavy atom. The fourth-order valence-corrected chi connectivity index (χ4v) is 3.42. The van der Waals surface area contributed by atoms with Crippen LogP contribution in [-0.2, 0) is 43.9 Å². The molecule has 0 fully saturated rings. The highest BCUT2D eigenvalue weighted by atomic mass is 127. The number of benzene rings is 2. The Balaban J connectivity index is 0.00000385. The molecule has 0 aliphatic heterocycles. The normalized spacial score (nSPS) is 11.2. The summed E-state index contributed by atoms with van der Waals surface area (Å²) >= 11 is 0. The van der Waals surface area contributed by atoms with Crippen LogP contribution in [-0.4, -0.2) is 17.7 Å². The van der Waals surface area contributed by atoms with Gasteiger partial charge in [-0.05, 0) is 30.0 Å². The van der Waals surface area contributed by atoms with Gasteiger partial charge in [0.1, 0.15) is 5.76 Å². The van der Waals surface area contributed by atoms with Gasteiger partial charge < -0.3 is 19.9 Å². The van der Waals surface area contributed by atoms with Crippen molar-refractivity contribution in [2.75, 3.05) is 6.54 Å². The maximum absolute atomic E-state index is 5.82. The number of aliphatic imine (C=N–C) groups is 1. The summed E-state index contributed by atoms with van der Waals surface area (Å²) in [6.07, 6.45) is 1.69. The van der Waals surface area contributed by atoms with E-state index in [0.29, 0.717) is 26.3 Å². The molecule has 3 rings (SSSR count). The summed E-state index contributed by atoms with van der Waals surface area (Å²) < 4.78 is 11.3. The third kappa shape index (κ3) is 8.47. The van der Waals surface area contributed by atoms with E-state index in [1.807, 2.05) is 18.2 Å². The fourth-order valence-electron chi connectivity index (χ4n) is 3.42. The standard InChI is InChI=1S/C26H34N4O2.HI/c1-4-24-23(25(5-2)32-30-24)17-29-26(27-6-3)28-16-20-12-14-22(15-13-20)19-31-18-21-10-8-7-9-11-21;/h7-15H,4-6,16-19H2,1-3H3,(H2,27,28,29);1H. The van der Waals surface area contributed by atoms with E-state index in [9.17, 15) is 0 Å². The molecule has 0 aliphatic carbocycles. The second-order valence-corrected chi connectivity index (χ2v) is 7.58. The zero-order valence-corrected chi connectivity index (χ0v) is 22.1. The number of guanidine groups is 1. The second kappa shape index (κ2) is 14.7. The van der Waals surface area contributed by atoms with Crippen LogP contribution in [0.25, 0.3) is 0 Å². The number of rotatable bonds is 11. The Labute approximate surface area is 214 Å². The van der Waals surface area contributed by atoms with Crippen molar-refractivity contribution >= 4 is 29.9 Å². The highest BCUT2D eigenvalue weighted by Gasteiger charge is 2.13. The van der Waals surface area contributed by atoms with Gasteiger partial charge in [0.05, 0.1) is 25.5 Å². The van der Waals surface area contributed by atoms with Crippen LogP contribution in [0.3, 0.4) is 0 Å². The van der Waals surface area contributed by atoms with E-state index in [2.05, 4.69) is 73.0 Å². The lowest BCUT2D eigenvalue weighted by atomic mass is 10.1. The average molecular weight is 562 g/mol. The molecule has 6 nitrogen and oxygen atoms in total. The van der Waals surface area contributed by atoms with Crippen molar-refractivity contribution in [2.45, 2.75) is 59.9 Å². The molecule has 0 radical (unpaired) electrons. The third-order valence-corrected chi connectivity index (χ3v) is 5.21. The first-order valence-electron chi connectivity index (χ1n) is 11.4. The molecule has 2 N–H and O–H groups in total. The zero-order chi connectivity index (χ0) is 22.6. The highest BCUT2D eigenvalue weighted by Crippen LogP contribution is 2.15. The van der Waals surface area contributed by atoms with Gasteiger partial charge in [0, 0.05) is 25.1 Å². The predicted molar refractivity (Wildman–Crippen MR) is 144 cm³/mol. The Hall–Kier alpha value is -2.39. The molecule has 0 amide bonds. The average Bonchev–Trinajstić information content (AvgIpc) is 3.24. The van der Waals surface area contributed by atoms with Crippen LogP contribution in [0.4, 0.5) is 0 Å². The SMILES string of the molecule is CCNC(=NCc1ccc(COCc2ccccc2)cc1)NCc1c(CC)noc1CC.I. The van der Waals surface area contributed by atoms with Crippen LogP contribution in [0, 0.1) is 0 Å². The van der Waals surface area contributed by atoms with Crippen LogP contribution in [0.1, 0.15) is 54.5 Å². The van der Waals surface area contributed by atoms with E-state index in [4.69, 9.17) is 14.3 Å². The molecule has 0 atom stereocenters. The number of hydrogen-bond donors (Lipinski definition) is 2. The van der Waals surface area contributed by atoms with Gasteiger partial charge in [-0.2, -0.15) is 0 Å².